The fourth-order valence-corrected chi connectivity index (χ4v) is 2.86. The smallest absolute Gasteiger partial charge is 0.215 e. The number of ketones is 1. The zero-order valence-electron chi connectivity index (χ0n) is 11.4. The van der Waals surface area contributed by atoms with E-state index in [1.165, 1.54) is 17.7 Å². The van der Waals surface area contributed by atoms with Gasteiger partial charge in [-0.2, -0.15) is 5.10 Å². The minimum absolute atomic E-state index is 0.0925. The van der Waals surface area contributed by atoms with Gasteiger partial charge in [-0.05, 0) is 23.6 Å². The fraction of sp³-hybridized carbons (Fsp3) is 0.0667. The van der Waals surface area contributed by atoms with E-state index in [2.05, 4.69) is 20.2 Å². The molecule has 3 heterocycles. The fourth-order valence-electron chi connectivity index (χ4n) is 1.96. The van der Waals surface area contributed by atoms with E-state index in [0.29, 0.717) is 12.0 Å². The Kier molecular flexibility index (Phi) is 4.06. The second-order valence-electron chi connectivity index (χ2n) is 4.47. The van der Waals surface area contributed by atoms with Gasteiger partial charge in [-0.25, -0.2) is 4.98 Å². The van der Waals surface area contributed by atoms with Crippen molar-refractivity contribution in [2.75, 3.05) is 0 Å². The van der Waals surface area contributed by atoms with Gasteiger partial charge in [-0.3, -0.25) is 14.9 Å². The Bertz CT molecular complexity index is 794. The first-order valence-electron chi connectivity index (χ1n) is 6.51. The molecule has 0 unspecified atom stereocenters. The molecule has 3 aromatic heterocycles. The van der Waals surface area contributed by atoms with E-state index in [1.54, 1.807) is 12.3 Å². The quantitative estimate of drug-likeness (QED) is 0.429. The van der Waals surface area contributed by atoms with Crippen LogP contribution in [-0.2, 0) is 6.42 Å². The van der Waals surface area contributed by atoms with Crippen LogP contribution in [0.5, 0.6) is 0 Å². The lowest BCUT2D eigenvalue weighted by molar-refractivity contribution is 0.104. The van der Waals surface area contributed by atoms with E-state index in [1.807, 2.05) is 23.6 Å². The molecule has 0 fully saturated rings. The summed E-state index contributed by atoms with van der Waals surface area (Å²) in [6.07, 6.45) is 4.77. The number of aliphatic hydroxyl groups excluding tert-OH is 1. The summed E-state index contributed by atoms with van der Waals surface area (Å²) in [5, 5.41) is 17.9. The van der Waals surface area contributed by atoms with Gasteiger partial charge in [0.25, 0.3) is 0 Å². The van der Waals surface area contributed by atoms with E-state index in [-0.39, 0.29) is 17.4 Å². The van der Waals surface area contributed by atoms with Crippen LogP contribution >= 0.6 is 11.3 Å². The number of H-pyrrole nitrogens is 1. The highest BCUT2D eigenvalue weighted by molar-refractivity contribution is 7.10. The van der Waals surface area contributed by atoms with Gasteiger partial charge in [-0.15, -0.1) is 11.3 Å². The summed E-state index contributed by atoms with van der Waals surface area (Å²) >= 11 is 1.49. The number of carbonyl (C=O) groups is 1. The first-order valence-corrected chi connectivity index (χ1v) is 7.39. The number of pyridine rings is 1. The number of carbonyl (C=O) groups excluding carboxylic acids is 1. The van der Waals surface area contributed by atoms with Crippen molar-refractivity contribution in [1.29, 1.82) is 0 Å². The molecule has 7 heteroatoms. The van der Waals surface area contributed by atoms with Gasteiger partial charge in [0, 0.05) is 34.8 Å². The van der Waals surface area contributed by atoms with Crippen molar-refractivity contribution < 1.29 is 9.90 Å². The lowest BCUT2D eigenvalue weighted by Gasteiger charge is -2.01. The zero-order valence-corrected chi connectivity index (χ0v) is 12.2. The molecule has 0 aliphatic carbocycles. The van der Waals surface area contributed by atoms with Gasteiger partial charge >= 0.3 is 0 Å². The van der Waals surface area contributed by atoms with Crippen molar-refractivity contribution in [3.05, 3.63) is 70.2 Å². The van der Waals surface area contributed by atoms with Crippen LogP contribution in [0, 0.1) is 0 Å². The number of aromatic nitrogens is 4. The summed E-state index contributed by atoms with van der Waals surface area (Å²) in [7, 11) is 0. The summed E-state index contributed by atoms with van der Waals surface area (Å²) < 4.78 is 0. The van der Waals surface area contributed by atoms with Crippen molar-refractivity contribution in [1.82, 2.24) is 20.2 Å². The molecule has 0 bridgehead atoms. The molecule has 0 saturated carbocycles. The van der Waals surface area contributed by atoms with Crippen molar-refractivity contribution in [3.63, 3.8) is 0 Å². The van der Waals surface area contributed by atoms with Gasteiger partial charge in [0.15, 0.2) is 11.5 Å². The first-order chi connectivity index (χ1) is 10.7. The van der Waals surface area contributed by atoms with E-state index >= 15 is 0 Å². The summed E-state index contributed by atoms with van der Waals surface area (Å²) in [5.41, 5.74) is 1.44. The van der Waals surface area contributed by atoms with E-state index in [0.717, 1.165) is 16.6 Å². The van der Waals surface area contributed by atoms with Crippen LogP contribution in [-0.4, -0.2) is 31.1 Å². The molecule has 0 spiro atoms. The third kappa shape index (κ3) is 3.09. The van der Waals surface area contributed by atoms with Crippen molar-refractivity contribution in [2.24, 2.45) is 0 Å². The highest BCUT2D eigenvalue weighted by Gasteiger charge is 2.14. The molecule has 0 saturated heterocycles. The molecule has 3 rings (SSSR count). The van der Waals surface area contributed by atoms with Crippen LogP contribution in [0.15, 0.2) is 48.2 Å². The molecule has 2 N–H and O–H groups in total. The molecular weight excluding hydrogens is 300 g/mol. The number of nitrogens with one attached hydrogen (secondary N) is 1. The predicted molar refractivity (Wildman–Crippen MR) is 82.7 cm³/mol. The number of hydrogen-bond donors (Lipinski definition) is 2. The van der Waals surface area contributed by atoms with Crippen molar-refractivity contribution in [2.45, 2.75) is 6.42 Å². The Hall–Kier alpha value is -2.80. The number of aliphatic hydroxyl groups is 1. The summed E-state index contributed by atoms with van der Waals surface area (Å²) in [6, 6.07) is 7.41. The average Bonchev–Trinajstić information content (AvgIpc) is 3.19. The van der Waals surface area contributed by atoms with Crippen molar-refractivity contribution >= 4 is 22.9 Å². The lowest BCUT2D eigenvalue weighted by Crippen LogP contribution is -2.00. The molecule has 22 heavy (non-hydrogen) atoms. The maximum atomic E-state index is 12.3. The standard InChI is InChI=1S/C15H12N4O2S/c20-12(8-13(21)15-17-9-18-19-15)11-4-6-22-14(11)7-10-3-1-2-5-16-10/h1-6,8-9,21H,7H2,(H,17,18,19). The Morgan fingerprint density at radius 2 is 2.23 bits per heavy atom. The van der Waals surface area contributed by atoms with Gasteiger partial charge in [0.05, 0.1) is 0 Å². The normalized spacial score (nSPS) is 11.5. The number of hydrogen-bond acceptors (Lipinski definition) is 6. The molecule has 0 aromatic carbocycles. The van der Waals surface area contributed by atoms with E-state index < -0.39 is 0 Å². The minimum atomic E-state index is -0.283. The highest BCUT2D eigenvalue weighted by Crippen LogP contribution is 2.21. The Morgan fingerprint density at radius 3 is 2.95 bits per heavy atom. The third-order valence-corrected chi connectivity index (χ3v) is 3.91. The van der Waals surface area contributed by atoms with Crippen LogP contribution in [0.2, 0.25) is 0 Å². The molecule has 0 atom stereocenters. The molecular formula is C15H12N4O2S. The van der Waals surface area contributed by atoms with Gasteiger partial charge in [0.2, 0.25) is 5.82 Å². The molecule has 0 radical (unpaired) electrons. The zero-order chi connectivity index (χ0) is 15.4. The van der Waals surface area contributed by atoms with Crippen LogP contribution in [0.4, 0.5) is 0 Å². The summed E-state index contributed by atoms with van der Waals surface area (Å²) in [6.45, 7) is 0. The Morgan fingerprint density at radius 1 is 1.32 bits per heavy atom. The van der Waals surface area contributed by atoms with E-state index in [9.17, 15) is 9.90 Å². The maximum Gasteiger partial charge on any atom is 0.215 e. The average molecular weight is 312 g/mol. The van der Waals surface area contributed by atoms with Crippen LogP contribution in [0.25, 0.3) is 5.76 Å². The number of nitrogens with zero attached hydrogens (tertiary/aromatic N) is 3. The number of thiophene rings is 1. The molecule has 0 amide bonds. The topological polar surface area (TPSA) is 91.8 Å². The largest absolute Gasteiger partial charge is 0.504 e. The Balaban J connectivity index is 1.82. The van der Waals surface area contributed by atoms with E-state index in [4.69, 9.17) is 0 Å². The van der Waals surface area contributed by atoms with Crippen LogP contribution in [0.1, 0.15) is 26.8 Å². The number of allylic oxidation sites excluding steroid dienone is 1. The number of rotatable bonds is 5. The lowest BCUT2D eigenvalue weighted by atomic mass is 10.1. The molecule has 6 nitrogen and oxygen atoms in total. The molecule has 3 aromatic rings. The van der Waals surface area contributed by atoms with Crippen LogP contribution < -0.4 is 0 Å². The summed E-state index contributed by atoms with van der Waals surface area (Å²) in [4.78, 5) is 21.3. The van der Waals surface area contributed by atoms with Gasteiger partial charge in [0.1, 0.15) is 6.33 Å². The second kappa shape index (κ2) is 6.31. The predicted octanol–water partition coefficient (Wildman–Crippen LogP) is 2.63. The molecule has 110 valence electrons. The molecule has 0 aliphatic rings. The third-order valence-electron chi connectivity index (χ3n) is 2.99. The Labute approximate surface area is 130 Å². The number of aromatic amines is 1. The van der Waals surface area contributed by atoms with Crippen molar-refractivity contribution in [3.8, 4) is 0 Å². The SMILES string of the molecule is O=C(C=C(O)c1nc[nH]n1)c1ccsc1Cc1ccccn1. The minimum Gasteiger partial charge on any atom is -0.504 e. The van der Waals surface area contributed by atoms with Gasteiger partial charge < -0.3 is 5.11 Å². The maximum absolute atomic E-state index is 12.3. The highest BCUT2D eigenvalue weighted by atomic mass is 32.1. The monoisotopic (exact) mass is 312 g/mol. The molecule has 0 aliphatic heterocycles. The second-order valence-corrected chi connectivity index (χ2v) is 5.47. The van der Waals surface area contributed by atoms with Gasteiger partial charge in [-0.1, -0.05) is 6.07 Å². The first kappa shape index (κ1) is 14.2. The summed E-state index contributed by atoms with van der Waals surface area (Å²) in [5.74, 6) is -0.453. The van der Waals surface area contributed by atoms with Crippen LogP contribution in [0.3, 0.4) is 0 Å².